The molecule has 0 heterocycles. The van der Waals surface area contributed by atoms with Gasteiger partial charge in [0.05, 0.1) is 0 Å². The second-order valence-corrected chi connectivity index (χ2v) is 6.92. The average Bonchev–Trinajstić information content (AvgIpc) is 2.53. The van der Waals surface area contributed by atoms with Gasteiger partial charge in [-0.25, -0.2) is 0 Å². The molecule has 0 bridgehead atoms. The Kier molecular flexibility index (Phi) is 18.9. The van der Waals surface area contributed by atoms with Gasteiger partial charge in [0, 0.05) is 13.2 Å². The van der Waals surface area contributed by atoms with E-state index in [1.807, 2.05) is 0 Å². The number of hydrogen-bond donors (Lipinski definition) is 2. The predicted molar refractivity (Wildman–Crippen MR) is 97.2 cm³/mol. The number of rotatable bonds is 18. The van der Waals surface area contributed by atoms with Gasteiger partial charge in [-0.15, -0.1) is 0 Å². The van der Waals surface area contributed by atoms with E-state index >= 15 is 0 Å². The van der Waals surface area contributed by atoms with Gasteiger partial charge in [-0.2, -0.15) is 0 Å². The van der Waals surface area contributed by atoms with Crippen molar-refractivity contribution in [3.63, 3.8) is 0 Å². The van der Waals surface area contributed by atoms with Crippen LogP contribution in [-0.4, -0.2) is 23.4 Å². The molecule has 0 amide bonds. The van der Waals surface area contributed by atoms with Crippen LogP contribution in [0.4, 0.5) is 0 Å². The first-order valence-corrected chi connectivity index (χ1v) is 10.1. The molecule has 2 heteroatoms. The Hall–Kier alpha value is -0.0800. The van der Waals surface area contributed by atoms with Crippen molar-refractivity contribution in [1.82, 2.24) is 0 Å². The lowest BCUT2D eigenvalue weighted by atomic mass is 9.92. The quantitative estimate of drug-likeness (QED) is 0.312. The van der Waals surface area contributed by atoms with E-state index in [0.29, 0.717) is 13.2 Å². The Morgan fingerprint density at radius 1 is 0.500 bits per heavy atom. The molecule has 0 aliphatic heterocycles. The van der Waals surface area contributed by atoms with Crippen LogP contribution in [-0.2, 0) is 0 Å². The summed E-state index contributed by atoms with van der Waals surface area (Å²) in [6.07, 6.45) is 20.7. The van der Waals surface area contributed by atoms with Crippen molar-refractivity contribution in [2.24, 2.45) is 5.92 Å². The first-order chi connectivity index (χ1) is 10.8. The predicted octanol–water partition coefficient (Wildman–Crippen LogP) is 5.85. The van der Waals surface area contributed by atoms with Crippen molar-refractivity contribution in [2.45, 2.75) is 110 Å². The highest BCUT2D eigenvalue weighted by Crippen LogP contribution is 2.21. The molecule has 0 rings (SSSR count). The van der Waals surface area contributed by atoms with E-state index in [4.69, 9.17) is 5.11 Å². The van der Waals surface area contributed by atoms with Crippen molar-refractivity contribution in [3.8, 4) is 0 Å². The molecular formula is C20H42O2. The molecule has 0 spiro atoms. The van der Waals surface area contributed by atoms with Gasteiger partial charge in [0.15, 0.2) is 0 Å². The Morgan fingerprint density at radius 3 is 1.41 bits per heavy atom. The summed E-state index contributed by atoms with van der Waals surface area (Å²) in [6.45, 7) is 2.98. The molecule has 0 aromatic heterocycles. The lowest BCUT2D eigenvalue weighted by Gasteiger charge is -2.15. The van der Waals surface area contributed by atoms with E-state index in [1.54, 1.807) is 0 Å². The fourth-order valence-electron chi connectivity index (χ4n) is 3.26. The zero-order valence-corrected chi connectivity index (χ0v) is 15.2. The molecule has 0 aliphatic rings. The molecule has 0 fully saturated rings. The van der Waals surface area contributed by atoms with Crippen LogP contribution in [0.2, 0.25) is 0 Å². The fourth-order valence-corrected chi connectivity index (χ4v) is 3.26. The minimum atomic E-state index is 0.348. The smallest absolute Gasteiger partial charge is 0.0433 e. The van der Waals surface area contributed by atoms with Crippen molar-refractivity contribution in [3.05, 3.63) is 0 Å². The average molecular weight is 315 g/mol. The third-order valence-electron chi connectivity index (χ3n) is 4.77. The summed E-state index contributed by atoms with van der Waals surface area (Å²) in [4.78, 5) is 0. The van der Waals surface area contributed by atoms with E-state index in [-0.39, 0.29) is 0 Å². The highest BCUT2D eigenvalue weighted by atomic mass is 16.3. The summed E-state index contributed by atoms with van der Waals surface area (Å²) < 4.78 is 0. The van der Waals surface area contributed by atoms with E-state index in [0.717, 1.165) is 18.8 Å². The SMILES string of the molecule is CCCCCCCCC(CCO)CCCCCCCCCO. The molecule has 2 N–H and O–H groups in total. The standard InChI is InChI=1S/C20H42O2/c1-2-3-4-5-9-12-15-20(17-19-22)16-13-10-7-6-8-11-14-18-21/h20-22H,2-19H2,1H3. The van der Waals surface area contributed by atoms with Crippen LogP contribution in [0.3, 0.4) is 0 Å². The number of unbranched alkanes of at least 4 members (excludes halogenated alkanes) is 11. The highest BCUT2D eigenvalue weighted by molar-refractivity contribution is 4.61. The van der Waals surface area contributed by atoms with Gasteiger partial charge in [0.1, 0.15) is 0 Å². The van der Waals surface area contributed by atoms with Crippen LogP contribution in [0.1, 0.15) is 110 Å². The number of aliphatic hydroxyl groups excluding tert-OH is 2. The van der Waals surface area contributed by atoms with E-state index < -0.39 is 0 Å². The van der Waals surface area contributed by atoms with E-state index in [2.05, 4.69) is 6.92 Å². The van der Waals surface area contributed by atoms with Gasteiger partial charge in [0.2, 0.25) is 0 Å². The Labute approximate surface area is 139 Å². The maximum absolute atomic E-state index is 9.21. The summed E-state index contributed by atoms with van der Waals surface area (Å²) in [5.41, 5.74) is 0. The first-order valence-electron chi connectivity index (χ1n) is 10.1. The Bertz CT molecular complexity index is 194. The van der Waals surface area contributed by atoms with Gasteiger partial charge in [-0.1, -0.05) is 96.8 Å². The topological polar surface area (TPSA) is 40.5 Å². The molecule has 2 nitrogen and oxygen atoms in total. The van der Waals surface area contributed by atoms with Gasteiger partial charge in [-0.05, 0) is 18.8 Å². The summed E-state index contributed by atoms with van der Waals surface area (Å²) in [7, 11) is 0. The lowest BCUT2D eigenvalue weighted by molar-refractivity contribution is 0.241. The third-order valence-corrected chi connectivity index (χ3v) is 4.77. The molecule has 0 saturated carbocycles. The molecule has 0 saturated heterocycles. The summed E-state index contributed by atoms with van der Waals surface area (Å²) in [5.74, 6) is 0.755. The minimum Gasteiger partial charge on any atom is -0.396 e. The minimum absolute atomic E-state index is 0.348. The summed E-state index contributed by atoms with van der Waals surface area (Å²) in [6, 6.07) is 0. The van der Waals surface area contributed by atoms with Crippen molar-refractivity contribution in [2.75, 3.05) is 13.2 Å². The molecule has 0 aromatic carbocycles. The zero-order valence-electron chi connectivity index (χ0n) is 15.2. The molecule has 0 aromatic rings. The lowest BCUT2D eigenvalue weighted by Crippen LogP contribution is -2.03. The van der Waals surface area contributed by atoms with Crippen molar-refractivity contribution >= 4 is 0 Å². The largest absolute Gasteiger partial charge is 0.396 e. The molecule has 134 valence electrons. The van der Waals surface area contributed by atoms with Crippen LogP contribution in [0, 0.1) is 5.92 Å². The molecule has 0 radical (unpaired) electrons. The maximum atomic E-state index is 9.21. The number of hydrogen-bond acceptors (Lipinski definition) is 2. The third kappa shape index (κ3) is 16.3. The van der Waals surface area contributed by atoms with Crippen LogP contribution < -0.4 is 0 Å². The van der Waals surface area contributed by atoms with Crippen molar-refractivity contribution < 1.29 is 10.2 Å². The Morgan fingerprint density at radius 2 is 0.955 bits per heavy atom. The van der Waals surface area contributed by atoms with Crippen LogP contribution >= 0.6 is 0 Å². The number of aliphatic hydroxyl groups is 2. The maximum Gasteiger partial charge on any atom is 0.0433 e. The summed E-state index contributed by atoms with van der Waals surface area (Å²) >= 11 is 0. The Balaban J connectivity index is 3.43. The molecule has 1 atom stereocenters. The molecular weight excluding hydrogens is 272 g/mol. The summed E-state index contributed by atoms with van der Waals surface area (Å²) in [5, 5.41) is 17.9. The first kappa shape index (κ1) is 21.9. The van der Waals surface area contributed by atoms with Crippen molar-refractivity contribution in [1.29, 1.82) is 0 Å². The van der Waals surface area contributed by atoms with E-state index in [9.17, 15) is 5.11 Å². The van der Waals surface area contributed by atoms with E-state index in [1.165, 1.54) is 89.9 Å². The van der Waals surface area contributed by atoms with Crippen LogP contribution in [0.25, 0.3) is 0 Å². The van der Waals surface area contributed by atoms with Gasteiger partial charge in [-0.3, -0.25) is 0 Å². The second-order valence-electron chi connectivity index (χ2n) is 6.92. The monoisotopic (exact) mass is 314 g/mol. The van der Waals surface area contributed by atoms with Gasteiger partial charge in [0.25, 0.3) is 0 Å². The molecule has 0 aliphatic carbocycles. The molecule has 22 heavy (non-hydrogen) atoms. The molecule has 1 unspecified atom stereocenters. The second kappa shape index (κ2) is 19.0. The van der Waals surface area contributed by atoms with Crippen LogP contribution in [0.5, 0.6) is 0 Å². The van der Waals surface area contributed by atoms with Gasteiger partial charge >= 0.3 is 0 Å². The van der Waals surface area contributed by atoms with Gasteiger partial charge < -0.3 is 10.2 Å². The zero-order chi connectivity index (χ0) is 16.3. The normalized spacial score (nSPS) is 12.7. The fraction of sp³-hybridized carbons (Fsp3) is 1.00. The van der Waals surface area contributed by atoms with Crippen LogP contribution in [0.15, 0.2) is 0 Å². The highest BCUT2D eigenvalue weighted by Gasteiger charge is 2.07.